The summed E-state index contributed by atoms with van der Waals surface area (Å²) < 4.78 is 0.794. The zero-order valence-electron chi connectivity index (χ0n) is 9.33. The van der Waals surface area contributed by atoms with Crippen molar-refractivity contribution in [3.8, 4) is 17.9 Å². The lowest BCUT2D eigenvalue weighted by Gasteiger charge is -2.01. The van der Waals surface area contributed by atoms with Crippen molar-refractivity contribution in [2.75, 3.05) is 12.3 Å². The molecule has 0 heterocycles. The molecule has 88 valence electrons. The van der Waals surface area contributed by atoms with Crippen molar-refractivity contribution < 1.29 is 5.11 Å². The molecule has 0 aliphatic carbocycles. The van der Waals surface area contributed by atoms with Crippen LogP contribution >= 0.6 is 15.9 Å². The molecule has 0 aromatic heterocycles. The van der Waals surface area contributed by atoms with Crippen LogP contribution in [0, 0.1) is 23.2 Å². The Kier molecular flexibility index (Phi) is 5.56. The molecule has 0 saturated heterocycles. The zero-order valence-corrected chi connectivity index (χ0v) is 10.9. The van der Waals surface area contributed by atoms with Crippen molar-refractivity contribution in [2.45, 2.75) is 19.3 Å². The largest absolute Gasteiger partial charge is 0.397 e. The van der Waals surface area contributed by atoms with Gasteiger partial charge in [-0.3, -0.25) is 0 Å². The third kappa shape index (κ3) is 4.11. The number of rotatable bonds is 3. The van der Waals surface area contributed by atoms with Gasteiger partial charge < -0.3 is 10.8 Å². The quantitative estimate of drug-likeness (QED) is 0.511. The first-order valence-electron chi connectivity index (χ1n) is 5.28. The number of nitrogen functional groups attached to an aromatic ring is 1. The molecule has 0 unspecified atom stereocenters. The van der Waals surface area contributed by atoms with E-state index in [1.807, 2.05) is 6.07 Å². The summed E-state index contributed by atoms with van der Waals surface area (Å²) in [4.78, 5) is 0. The molecule has 4 heteroatoms. The van der Waals surface area contributed by atoms with Crippen molar-refractivity contribution in [2.24, 2.45) is 0 Å². The summed E-state index contributed by atoms with van der Waals surface area (Å²) in [6.45, 7) is 0.194. The zero-order chi connectivity index (χ0) is 12.7. The fraction of sp³-hybridized carbons (Fsp3) is 0.308. The summed E-state index contributed by atoms with van der Waals surface area (Å²) in [5.41, 5.74) is 7.34. The SMILES string of the molecule is N#Cc1cc(Br)cc(C#CCCCCO)c1N. The number of hydrogen-bond acceptors (Lipinski definition) is 3. The van der Waals surface area contributed by atoms with Gasteiger partial charge in [-0.15, -0.1) is 0 Å². The van der Waals surface area contributed by atoms with Crippen molar-refractivity contribution >= 4 is 21.6 Å². The van der Waals surface area contributed by atoms with Gasteiger partial charge in [-0.2, -0.15) is 5.26 Å². The summed E-state index contributed by atoms with van der Waals surface area (Å²) in [7, 11) is 0. The molecule has 0 atom stereocenters. The van der Waals surface area contributed by atoms with Crippen LogP contribution in [-0.4, -0.2) is 11.7 Å². The second kappa shape index (κ2) is 6.96. The molecule has 0 spiro atoms. The Hall–Kier alpha value is -1.49. The molecule has 0 radical (unpaired) electrons. The molecule has 0 aliphatic heterocycles. The highest BCUT2D eigenvalue weighted by Crippen LogP contribution is 2.22. The fourth-order valence-corrected chi connectivity index (χ4v) is 1.75. The fourth-order valence-electron chi connectivity index (χ4n) is 1.30. The second-order valence-electron chi connectivity index (χ2n) is 3.51. The normalized spacial score (nSPS) is 9.24. The third-order valence-electron chi connectivity index (χ3n) is 2.20. The Morgan fingerprint density at radius 1 is 1.29 bits per heavy atom. The van der Waals surface area contributed by atoms with E-state index in [9.17, 15) is 0 Å². The molecule has 3 nitrogen and oxygen atoms in total. The van der Waals surface area contributed by atoms with E-state index in [1.54, 1.807) is 12.1 Å². The number of unbranched alkanes of at least 4 members (excludes halogenated alkanes) is 2. The number of aliphatic hydroxyl groups excluding tert-OH is 1. The molecule has 17 heavy (non-hydrogen) atoms. The minimum Gasteiger partial charge on any atom is -0.397 e. The van der Waals surface area contributed by atoms with Crippen LogP contribution in [0.1, 0.15) is 30.4 Å². The van der Waals surface area contributed by atoms with Gasteiger partial charge in [-0.05, 0) is 25.0 Å². The molecule has 0 amide bonds. The molecule has 1 aromatic rings. The number of nitrogens with zero attached hydrogens (tertiary/aromatic N) is 1. The van der Waals surface area contributed by atoms with Crippen LogP contribution in [0.25, 0.3) is 0 Å². The van der Waals surface area contributed by atoms with Crippen LogP contribution in [0.15, 0.2) is 16.6 Å². The molecular weight excluding hydrogens is 280 g/mol. The number of benzene rings is 1. The van der Waals surface area contributed by atoms with Gasteiger partial charge in [-0.1, -0.05) is 27.8 Å². The topological polar surface area (TPSA) is 70.0 Å². The lowest BCUT2D eigenvalue weighted by atomic mass is 10.1. The van der Waals surface area contributed by atoms with Gasteiger partial charge in [0.05, 0.1) is 11.3 Å². The monoisotopic (exact) mass is 292 g/mol. The Morgan fingerprint density at radius 3 is 2.65 bits per heavy atom. The Morgan fingerprint density at radius 2 is 2.00 bits per heavy atom. The summed E-state index contributed by atoms with van der Waals surface area (Å²) in [5, 5.41) is 17.5. The highest BCUT2D eigenvalue weighted by Gasteiger charge is 2.04. The van der Waals surface area contributed by atoms with E-state index in [4.69, 9.17) is 16.1 Å². The van der Waals surface area contributed by atoms with Gasteiger partial charge in [0.2, 0.25) is 0 Å². The lowest BCUT2D eigenvalue weighted by Crippen LogP contribution is -1.95. The van der Waals surface area contributed by atoms with Gasteiger partial charge in [-0.25, -0.2) is 0 Å². The van der Waals surface area contributed by atoms with Crippen LogP contribution in [0.2, 0.25) is 0 Å². The van der Waals surface area contributed by atoms with Crippen molar-refractivity contribution in [1.82, 2.24) is 0 Å². The molecule has 0 bridgehead atoms. The number of nitrogens with two attached hydrogens (primary N) is 1. The molecule has 1 aromatic carbocycles. The number of nitriles is 1. The molecule has 0 fully saturated rings. The Labute approximate surface area is 109 Å². The summed E-state index contributed by atoms with van der Waals surface area (Å²) in [5.74, 6) is 5.93. The summed E-state index contributed by atoms with van der Waals surface area (Å²) in [6.07, 6.45) is 2.34. The number of hydrogen-bond donors (Lipinski definition) is 2. The van der Waals surface area contributed by atoms with E-state index in [2.05, 4.69) is 27.8 Å². The van der Waals surface area contributed by atoms with Gasteiger partial charge in [0, 0.05) is 23.1 Å². The molecule has 0 aliphatic rings. The molecule has 3 N–H and O–H groups in total. The van der Waals surface area contributed by atoms with Crippen LogP contribution in [0.5, 0.6) is 0 Å². The van der Waals surface area contributed by atoms with Crippen molar-refractivity contribution in [1.29, 1.82) is 5.26 Å². The molecule has 0 saturated carbocycles. The first-order chi connectivity index (χ1) is 8.19. The maximum Gasteiger partial charge on any atom is 0.101 e. The predicted octanol–water partition coefficient (Wildman–Crippen LogP) is 2.42. The highest BCUT2D eigenvalue weighted by molar-refractivity contribution is 9.10. The standard InChI is InChI=1S/C13H13BrN2O/c14-12-7-10(5-3-1-2-4-6-17)13(16)11(8-12)9-15/h7-8,17H,1-2,4,6,16H2. The van der Waals surface area contributed by atoms with E-state index < -0.39 is 0 Å². The van der Waals surface area contributed by atoms with E-state index in [0.717, 1.165) is 17.3 Å². The van der Waals surface area contributed by atoms with Gasteiger partial charge in [0.1, 0.15) is 6.07 Å². The van der Waals surface area contributed by atoms with Crippen LogP contribution in [-0.2, 0) is 0 Å². The van der Waals surface area contributed by atoms with Crippen LogP contribution in [0.4, 0.5) is 5.69 Å². The lowest BCUT2D eigenvalue weighted by molar-refractivity contribution is 0.285. The van der Waals surface area contributed by atoms with Crippen molar-refractivity contribution in [3.63, 3.8) is 0 Å². The van der Waals surface area contributed by atoms with E-state index in [1.165, 1.54) is 0 Å². The number of anilines is 1. The van der Waals surface area contributed by atoms with E-state index in [-0.39, 0.29) is 6.61 Å². The van der Waals surface area contributed by atoms with E-state index >= 15 is 0 Å². The van der Waals surface area contributed by atoms with Gasteiger partial charge in [0.15, 0.2) is 0 Å². The van der Waals surface area contributed by atoms with Crippen LogP contribution < -0.4 is 5.73 Å². The van der Waals surface area contributed by atoms with Gasteiger partial charge >= 0.3 is 0 Å². The Balaban J connectivity index is 2.84. The highest BCUT2D eigenvalue weighted by atomic mass is 79.9. The van der Waals surface area contributed by atoms with Crippen LogP contribution in [0.3, 0.4) is 0 Å². The minimum atomic E-state index is 0.194. The molecule has 1 rings (SSSR count). The average molecular weight is 293 g/mol. The smallest absolute Gasteiger partial charge is 0.101 e. The van der Waals surface area contributed by atoms with E-state index in [0.29, 0.717) is 23.2 Å². The van der Waals surface area contributed by atoms with Crippen molar-refractivity contribution in [3.05, 3.63) is 27.7 Å². The summed E-state index contributed by atoms with van der Waals surface area (Å²) in [6, 6.07) is 5.51. The minimum absolute atomic E-state index is 0.194. The average Bonchev–Trinajstić information content (AvgIpc) is 2.32. The Bertz CT molecular complexity index is 495. The predicted molar refractivity (Wildman–Crippen MR) is 71.1 cm³/mol. The van der Waals surface area contributed by atoms with Gasteiger partial charge in [0.25, 0.3) is 0 Å². The second-order valence-corrected chi connectivity index (χ2v) is 4.42. The number of aliphatic hydroxyl groups is 1. The molecular formula is C13H13BrN2O. The maximum atomic E-state index is 8.88. The first kappa shape index (κ1) is 13.6. The maximum absolute atomic E-state index is 8.88. The summed E-state index contributed by atoms with van der Waals surface area (Å²) >= 11 is 3.31. The number of halogens is 1. The third-order valence-corrected chi connectivity index (χ3v) is 2.66. The first-order valence-corrected chi connectivity index (χ1v) is 6.07.